The summed E-state index contributed by atoms with van der Waals surface area (Å²) in [6.45, 7) is 3.62. The number of halogens is 1. The quantitative estimate of drug-likeness (QED) is 0.919. The first-order valence-electron chi connectivity index (χ1n) is 6.68. The lowest BCUT2D eigenvalue weighted by molar-refractivity contribution is 0.611. The van der Waals surface area contributed by atoms with E-state index >= 15 is 0 Å². The Labute approximate surface area is 112 Å². The van der Waals surface area contributed by atoms with Crippen molar-refractivity contribution in [2.24, 2.45) is 5.73 Å². The fourth-order valence-corrected chi connectivity index (χ4v) is 2.31. The van der Waals surface area contributed by atoms with Gasteiger partial charge in [0.1, 0.15) is 5.82 Å². The molecule has 19 heavy (non-hydrogen) atoms. The molecule has 1 saturated carbocycles. The van der Waals surface area contributed by atoms with Gasteiger partial charge in [0.25, 0.3) is 0 Å². The van der Waals surface area contributed by atoms with Crippen molar-refractivity contribution < 1.29 is 4.39 Å². The zero-order valence-electron chi connectivity index (χ0n) is 11.2. The number of aryl methyl sites for hydroxylation is 1. The van der Waals surface area contributed by atoms with Crippen LogP contribution in [0.5, 0.6) is 0 Å². The first-order chi connectivity index (χ1) is 9.06. The van der Waals surface area contributed by atoms with Crippen molar-refractivity contribution in [2.75, 3.05) is 0 Å². The van der Waals surface area contributed by atoms with E-state index in [1.54, 1.807) is 6.92 Å². The van der Waals surface area contributed by atoms with E-state index < -0.39 is 0 Å². The lowest BCUT2D eigenvalue weighted by Crippen LogP contribution is -2.11. The maximum atomic E-state index is 13.7. The molecule has 0 spiro atoms. The largest absolute Gasteiger partial charge is 0.324 e. The van der Waals surface area contributed by atoms with E-state index in [0.29, 0.717) is 11.5 Å². The highest BCUT2D eigenvalue weighted by molar-refractivity contribution is 5.45. The molecule has 0 unspecified atom stereocenters. The third-order valence-corrected chi connectivity index (χ3v) is 3.65. The molecule has 3 rings (SSSR count). The van der Waals surface area contributed by atoms with Crippen LogP contribution >= 0.6 is 0 Å². The summed E-state index contributed by atoms with van der Waals surface area (Å²) in [7, 11) is 0. The number of aromatic nitrogens is 2. The third kappa shape index (κ3) is 2.28. The number of hydrogen-bond acceptors (Lipinski definition) is 2. The standard InChI is InChI=1S/C15H18FN3/c1-9-7-15(12(10(2)17)8-13(9)16)19-6-5-14(18-19)11-3-4-11/h5-8,10-11H,3-4,17H2,1-2H3/t10-/m1/s1. The molecule has 0 radical (unpaired) electrons. The van der Waals surface area contributed by atoms with Crippen LogP contribution in [0.1, 0.15) is 48.5 Å². The molecular weight excluding hydrogens is 241 g/mol. The van der Waals surface area contributed by atoms with E-state index in [1.807, 2.05) is 29.9 Å². The van der Waals surface area contributed by atoms with Gasteiger partial charge < -0.3 is 5.73 Å². The number of nitrogens with two attached hydrogens (primary N) is 1. The second-order valence-corrected chi connectivity index (χ2v) is 5.41. The van der Waals surface area contributed by atoms with Gasteiger partial charge in [-0.15, -0.1) is 0 Å². The van der Waals surface area contributed by atoms with Crippen molar-refractivity contribution in [3.05, 3.63) is 47.0 Å². The number of rotatable bonds is 3. The van der Waals surface area contributed by atoms with Crippen molar-refractivity contribution in [2.45, 2.75) is 38.6 Å². The maximum Gasteiger partial charge on any atom is 0.126 e. The molecule has 0 amide bonds. The number of nitrogens with zero attached hydrogens (tertiary/aromatic N) is 2. The Morgan fingerprint density at radius 2 is 2.16 bits per heavy atom. The second kappa shape index (κ2) is 4.46. The third-order valence-electron chi connectivity index (χ3n) is 3.65. The molecule has 100 valence electrons. The van der Waals surface area contributed by atoms with Gasteiger partial charge in [0.05, 0.1) is 11.4 Å². The topological polar surface area (TPSA) is 43.8 Å². The van der Waals surface area contributed by atoms with Gasteiger partial charge in [0, 0.05) is 18.2 Å². The van der Waals surface area contributed by atoms with Gasteiger partial charge in [0.15, 0.2) is 0 Å². The predicted octanol–water partition coefficient (Wildman–Crippen LogP) is 3.22. The van der Waals surface area contributed by atoms with Crippen LogP contribution in [0.2, 0.25) is 0 Å². The van der Waals surface area contributed by atoms with Crippen LogP contribution in [0.25, 0.3) is 5.69 Å². The zero-order valence-corrected chi connectivity index (χ0v) is 11.2. The zero-order chi connectivity index (χ0) is 13.6. The molecule has 2 aromatic rings. The second-order valence-electron chi connectivity index (χ2n) is 5.41. The summed E-state index contributed by atoms with van der Waals surface area (Å²) in [5.74, 6) is 0.396. The van der Waals surface area contributed by atoms with Gasteiger partial charge in [-0.2, -0.15) is 5.10 Å². The summed E-state index contributed by atoms with van der Waals surface area (Å²) in [5, 5.41) is 4.59. The summed E-state index contributed by atoms with van der Waals surface area (Å²) < 4.78 is 15.5. The van der Waals surface area contributed by atoms with Gasteiger partial charge in [-0.25, -0.2) is 9.07 Å². The van der Waals surface area contributed by atoms with E-state index in [9.17, 15) is 4.39 Å². The van der Waals surface area contributed by atoms with Crippen molar-refractivity contribution in [1.29, 1.82) is 0 Å². The molecule has 1 fully saturated rings. The Bertz CT molecular complexity index is 612. The molecule has 0 bridgehead atoms. The summed E-state index contributed by atoms with van der Waals surface area (Å²) in [6.07, 6.45) is 4.38. The average Bonchev–Trinajstić information content (AvgIpc) is 3.10. The minimum atomic E-state index is -0.223. The highest BCUT2D eigenvalue weighted by Crippen LogP contribution is 2.39. The molecule has 1 heterocycles. The van der Waals surface area contributed by atoms with E-state index in [1.165, 1.54) is 18.9 Å². The van der Waals surface area contributed by atoms with Crippen LogP contribution in [-0.4, -0.2) is 9.78 Å². The van der Waals surface area contributed by atoms with Gasteiger partial charge in [-0.3, -0.25) is 0 Å². The molecule has 1 aliphatic rings. The molecular formula is C15H18FN3. The molecule has 4 heteroatoms. The molecule has 1 aromatic carbocycles. The summed E-state index contributed by atoms with van der Waals surface area (Å²) >= 11 is 0. The summed E-state index contributed by atoms with van der Waals surface area (Å²) in [4.78, 5) is 0. The molecule has 1 aromatic heterocycles. The fourth-order valence-electron chi connectivity index (χ4n) is 2.31. The van der Waals surface area contributed by atoms with Gasteiger partial charge in [-0.1, -0.05) is 0 Å². The van der Waals surface area contributed by atoms with Crippen LogP contribution in [-0.2, 0) is 0 Å². The Morgan fingerprint density at radius 3 is 2.79 bits per heavy atom. The first-order valence-corrected chi connectivity index (χ1v) is 6.68. The normalized spacial score (nSPS) is 16.6. The fraction of sp³-hybridized carbons (Fsp3) is 0.400. The van der Waals surface area contributed by atoms with Gasteiger partial charge in [-0.05, 0) is 56.0 Å². The van der Waals surface area contributed by atoms with Crippen molar-refractivity contribution >= 4 is 0 Å². The smallest absolute Gasteiger partial charge is 0.126 e. The van der Waals surface area contributed by atoms with E-state index in [-0.39, 0.29) is 11.9 Å². The van der Waals surface area contributed by atoms with Gasteiger partial charge >= 0.3 is 0 Å². The van der Waals surface area contributed by atoms with Crippen LogP contribution in [0.15, 0.2) is 24.4 Å². The Morgan fingerprint density at radius 1 is 1.42 bits per heavy atom. The minimum Gasteiger partial charge on any atom is -0.324 e. The van der Waals surface area contributed by atoms with E-state index in [4.69, 9.17) is 5.73 Å². The molecule has 1 atom stereocenters. The monoisotopic (exact) mass is 259 g/mol. The molecule has 0 aliphatic heterocycles. The lowest BCUT2D eigenvalue weighted by Gasteiger charge is -2.14. The lowest BCUT2D eigenvalue weighted by atomic mass is 10.0. The minimum absolute atomic E-state index is 0.217. The Kier molecular flexibility index (Phi) is 2.90. The van der Waals surface area contributed by atoms with E-state index in [2.05, 4.69) is 5.10 Å². The Hall–Kier alpha value is -1.68. The van der Waals surface area contributed by atoms with Crippen molar-refractivity contribution in [3.8, 4) is 5.69 Å². The summed E-state index contributed by atoms with van der Waals surface area (Å²) in [5.41, 5.74) is 9.34. The highest BCUT2D eigenvalue weighted by Gasteiger charge is 2.26. The van der Waals surface area contributed by atoms with Crippen molar-refractivity contribution in [3.63, 3.8) is 0 Å². The Balaban J connectivity index is 2.08. The number of hydrogen-bond donors (Lipinski definition) is 1. The van der Waals surface area contributed by atoms with Gasteiger partial charge in [0.2, 0.25) is 0 Å². The van der Waals surface area contributed by atoms with Crippen LogP contribution < -0.4 is 5.73 Å². The average molecular weight is 259 g/mol. The first kappa shape index (κ1) is 12.4. The molecule has 3 nitrogen and oxygen atoms in total. The summed E-state index contributed by atoms with van der Waals surface area (Å²) in [6, 6.07) is 5.16. The molecule has 0 saturated heterocycles. The van der Waals surface area contributed by atoms with E-state index in [0.717, 1.165) is 16.9 Å². The maximum absolute atomic E-state index is 13.7. The van der Waals surface area contributed by atoms with Crippen LogP contribution in [0.3, 0.4) is 0 Å². The molecule has 2 N–H and O–H groups in total. The van der Waals surface area contributed by atoms with Crippen molar-refractivity contribution in [1.82, 2.24) is 9.78 Å². The predicted molar refractivity (Wildman–Crippen MR) is 72.8 cm³/mol. The number of benzene rings is 1. The molecule has 1 aliphatic carbocycles. The van der Waals surface area contributed by atoms with Crippen LogP contribution in [0.4, 0.5) is 4.39 Å². The highest BCUT2D eigenvalue weighted by atomic mass is 19.1. The van der Waals surface area contributed by atoms with Crippen LogP contribution in [0, 0.1) is 12.7 Å². The SMILES string of the molecule is Cc1cc(-n2ccc(C3CC3)n2)c([C@@H](C)N)cc1F.